The molecule has 1 unspecified atom stereocenters. The van der Waals surface area contributed by atoms with Gasteiger partial charge in [0, 0.05) is 22.1 Å². The van der Waals surface area contributed by atoms with Gasteiger partial charge in [-0.3, -0.25) is 4.79 Å². The van der Waals surface area contributed by atoms with Gasteiger partial charge in [-0.2, -0.15) is 0 Å². The number of ether oxygens (including phenoxy) is 1. The standard InChI is InChI=1S/C13H15Br2NO2/c14-9-3-4-12(15)11(8-9)13(17)16-6-5-10-2-1-7-18-10/h3-4,8,10H,1-2,5-7H2,(H,16,17). The lowest BCUT2D eigenvalue weighted by atomic mass is 10.1. The van der Waals surface area contributed by atoms with Crippen LogP contribution in [-0.2, 0) is 4.74 Å². The van der Waals surface area contributed by atoms with Gasteiger partial charge < -0.3 is 10.1 Å². The van der Waals surface area contributed by atoms with E-state index in [1.54, 1.807) is 0 Å². The van der Waals surface area contributed by atoms with Crippen LogP contribution in [0.4, 0.5) is 0 Å². The van der Waals surface area contributed by atoms with Crippen LogP contribution in [0.15, 0.2) is 27.1 Å². The lowest BCUT2D eigenvalue weighted by Gasteiger charge is -2.11. The van der Waals surface area contributed by atoms with E-state index in [0.29, 0.717) is 18.2 Å². The van der Waals surface area contributed by atoms with Crippen LogP contribution in [0.25, 0.3) is 0 Å². The second-order valence-corrected chi connectivity index (χ2v) is 6.07. The third-order valence-electron chi connectivity index (χ3n) is 2.95. The van der Waals surface area contributed by atoms with Gasteiger partial charge in [0.25, 0.3) is 5.91 Å². The Morgan fingerprint density at radius 3 is 3.00 bits per heavy atom. The molecule has 1 aliphatic rings. The molecular formula is C13H15Br2NO2. The first kappa shape index (κ1) is 14.0. The normalized spacial score (nSPS) is 18.9. The van der Waals surface area contributed by atoms with Crippen LogP contribution in [0.2, 0.25) is 0 Å². The Bertz CT molecular complexity index is 431. The van der Waals surface area contributed by atoms with Gasteiger partial charge in [-0.05, 0) is 53.4 Å². The first-order chi connectivity index (χ1) is 8.66. The van der Waals surface area contributed by atoms with Crippen LogP contribution < -0.4 is 5.32 Å². The van der Waals surface area contributed by atoms with Crippen molar-refractivity contribution in [3.05, 3.63) is 32.7 Å². The topological polar surface area (TPSA) is 38.3 Å². The molecule has 1 aromatic rings. The minimum absolute atomic E-state index is 0.0545. The smallest absolute Gasteiger partial charge is 0.252 e. The quantitative estimate of drug-likeness (QED) is 0.873. The SMILES string of the molecule is O=C(NCCC1CCCO1)c1cc(Br)ccc1Br. The fourth-order valence-electron chi connectivity index (χ4n) is 1.99. The largest absolute Gasteiger partial charge is 0.378 e. The first-order valence-corrected chi connectivity index (χ1v) is 7.60. The van der Waals surface area contributed by atoms with Gasteiger partial charge >= 0.3 is 0 Å². The molecule has 0 radical (unpaired) electrons. The molecule has 1 amide bonds. The number of hydrogen-bond acceptors (Lipinski definition) is 2. The molecule has 3 nitrogen and oxygen atoms in total. The highest BCUT2D eigenvalue weighted by molar-refractivity contribution is 9.11. The van der Waals surface area contributed by atoms with Crippen LogP contribution in [0.1, 0.15) is 29.6 Å². The molecule has 1 aliphatic heterocycles. The number of benzene rings is 1. The molecule has 2 rings (SSSR count). The molecule has 1 N–H and O–H groups in total. The minimum Gasteiger partial charge on any atom is -0.378 e. The van der Waals surface area contributed by atoms with Gasteiger partial charge in [-0.25, -0.2) is 0 Å². The summed E-state index contributed by atoms with van der Waals surface area (Å²) in [6, 6.07) is 5.57. The Labute approximate surface area is 124 Å². The van der Waals surface area contributed by atoms with Gasteiger partial charge in [0.2, 0.25) is 0 Å². The zero-order valence-electron chi connectivity index (χ0n) is 9.92. The monoisotopic (exact) mass is 375 g/mol. The molecule has 18 heavy (non-hydrogen) atoms. The number of hydrogen-bond donors (Lipinski definition) is 1. The zero-order valence-corrected chi connectivity index (χ0v) is 13.1. The van der Waals surface area contributed by atoms with E-state index < -0.39 is 0 Å². The molecule has 98 valence electrons. The van der Waals surface area contributed by atoms with E-state index in [1.807, 2.05) is 18.2 Å². The Hall–Kier alpha value is -0.390. The Kier molecular flexibility index (Phi) is 5.21. The summed E-state index contributed by atoms with van der Waals surface area (Å²) >= 11 is 6.75. The Morgan fingerprint density at radius 2 is 2.28 bits per heavy atom. The maximum absolute atomic E-state index is 12.0. The predicted octanol–water partition coefficient (Wildman–Crippen LogP) is 3.51. The second kappa shape index (κ2) is 6.68. The molecule has 1 saturated heterocycles. The lowest BCUT2D eigenvalue weighted by molar-refractivity contribution is 0.0906. The summed E-state index contributed by atoms with van der Waals surface area (Å²) in [5.74, 6) is -0.0545. The maximum Gasteiger partial charge on any atom is 0.252 e. The molecule has 1 atom stereocenters. The van der Waals surface area contributed by atoms with E-state index in [-0.39, 0.29) is 5.91 Å². The molecule has 1 fully saturated rings. The van der Waals surface area contributed by atoms with E-state index in [1.165, 1.54) is 0 Å². The van der Waals surface area contributed by atoms with Crippen LogP contribution in [0, 0.1) is 0 Å². The van der Waals surface area contributed by atoms with Crippen LogP contribution in [0.5, 0.6) is 0 Å². The summed E-state index contributed by atoms with van der Waals surface area (Å²) in [6.07, 6.45) is 3.44. The second-order valence-electron chi connectivity index (χ2n) is 4.30. The van der Waals surface area contributed by atoms with Gasteiger partial charge in [-0.1, -0.05) is 15.9 Å². The predicted molar refractivity (Wildman–Crippen MR) is 77.8 cm³/mol. The van der Waals surface area contributed by atoms with Crippen LogP contribution in [-0.4, -0.2) is 25.2 Å². The van der Waals surface area contributed by atoms with E-state index in [0.717, 1.165) is 34.8 Å². The molecule has 1 aromatic carbocycles. The van der Waals surface area contributed by atoms with Crippen molar-refractivity contribution < 1.29 is 9.53 Å². The average molecular weight is 377 g/mol. The van der Waals surface area contributed by atoms with Crippen molar-refractivity contribution in [1.82, 2.24) is 5.32 Å². The number of nitrogens with one attached hydrogen (secondary N) is 1. The molecule has 0 spiro atoms. The number of carbonyl (C=O) groups excluding carboxylic acids is 1. The fourth-order valence-corrected chi connectivity index (χ4v) is 2.77. The number of amides is 1. The lowest BCUT2D eigenvalue weighted by Crippen LogP contribution is -2.27. The van der Waals surface area contributed by atoms with Crippen molar-refractivity contribution in [3.63, 3.8) is 0 Å². The zero-order chi connectivity index (χ0) is 13.0. The molecule has 0 aliphatic carbocycles. The highest BCUT2D eigenvalue weighted by Gasteiger charge is 2.16. The molecule has 1 heterocycles. The Balaban J connectivity index is 1.85. The molecular weight excluding hydrogens is 362 g/mol. The summed E-state index contributed by atoms with van der Waals surface area (Å²) in [7, 11) is 0. The van der Waals surface area contributed by atoms with Crippen molar-refractivity contribution >= 4 is 37.8 Å². The summed E-state index contributed by atoms with van der Waals surface area (Å²) in [5.41, 5.74) is 0.650. The fraction of sp³-hybridized carbons (Fsp3) is 0.462. The maximum atomic E-state index is 12.0. The number of halogens is 2. The Morgan fingerprint density at radius 1 is 1.44 bits per heavy atom. The third kappa shape index (κ3) is 3.80. The average Bonchev–Trinajstić information content (AvgIpc) is 2.85. The summed E-state index contributed by atoms with van der Waals surface area (Å²) in [5, 5.41) is 2.92. The third-order valence-corrected chi connectivity index (χ3v) is 4.13. The number of rotatable bonds is 4. The first-order valence-electron chi connectivity index (χ1n) is 6.01. The van der Waals surface area contributed by atoms with E-state index >= 15 is 0 Å². The highest BCUT2D eigenvalue weighted by Crippen LogP contribution is 2.21. The van der Waals surface area contributed by atoms with Crippen molar-refractivity contribution in [2.24, 2.45) is 0 Å². The van der Waals surface area contributed by atoms with E-state index in [2.05, 4.69) is 37.2 Å². The number of carbonyl (C=O) groups is 1. The summed E-state index contributed by atoms with van der Waals surface area (Å²) in [6.45, 7) is 1.51. The van der Waals surface area contributed by atoms with Crippen LogP contribution in [0.3, 0.4) is 0 Å². The van der Waals surface area contributed by atoms with Gasteiger partial charge in [0.1, 0.15) is 0 Å². The molecule has 0 bridgehead atoms. The van der Waals surface area contributed by atoms with E-state index in [9.17, 15) is 4.79 Å². The van der Waals surface area contributed by atoms with Crippen molar-refractivity contribution in [2.45, 2.75) is 25.4 Å². The van der Waals surface area contributed by atoms with Crippen molar-refractivity contribution in [3.8, 4) is 0 Å². The minimum atomic E-state index is -0.0545. The highest BCUT2D eigenvalue weighted by atomic mass is 79.9. The molecule has 0 aromatic heterocycles. The van der Waals surface area contributed by atoms with Crippen molar-refractivity contribution in [2.75, 3.05) is 13.2 Å². The van der Waals surface area contributed by atoms with E-state index in [4.69, 9.17) is 4.74 Å². The summed E-state index contributed by atoms with van der Waals surface area (Å²) < 4.78 is 7.22. The van der Waals surface area contributed by atoms with Gasteiger partial charge in [0.05, 0.1) is 11.7 Å². The van der Waals surface area contributed by atoms with Gasteiger partial charge in [-0.15, -0.1) is 0 Å². The van der Waals surface area contributed by atoms with Crippen molar-refractivity contribution in [1.29, 1.82) is 0 Å². The molecule has 0 saturated carbocycles. The molecule has 5 heteroatoms. The van der Waals surface area contributed by atoms with Crippen LogP contribution >= 0.6 is 31.9 Å². The summed E-state index contributed by atoms with van der Waals surface area (Å²) in [4.78, 5) is 12.0. The van der Waals surface area contributed by atoms with Gasteiger partial charge in [0.15, 0.2) is 0 Å².